The van der Waals surface area contributed by atoms with E-state index in [0.717, 1.165) is 37.2 Å². The summed E-state index contributed by atoms with van der Waals surface area (Å²) in [5.74, 6) is 2.81. The zero-order valence-electron chi connectivity index (χ0n) is 12.0. The lowest BCUT2D eigenvalue weighted by Crippen LogP contribution is -2.35. The van der Waals surface area contributed by atoms with Gasteiger partial charge in [-0.3, -0.25) is 4.90 Å². The molecule has 106 valence electrons. The standard InChI is InChI=1S/C14H25N5/c1-3-5-19-14(16-10-17-19)9-18-8-11-6-15-7-12(11)13(18)4-2/h10-13,15H,3-9H2,1-2H3. The minimum absolute atomic E-state index is 0.715. The minimum Gasteiger partial charge on any atom is -0.316 e. The second-order valence-corrected chi connectivity index (χ2v) is 5.89. The Morgan fingerprint density at radius 2 is 2.26 bits per heavy atom. The maximum absolute atomic E-state index is 4.46. The predicted octanol–water partition coefficient (Wildman–Crippen LogP) is 1.12. The highest BCUT2D eigenvalue weighted by molar-refractivity contribution is 4.99. The fraction of sp³-hybridized carbons (Fsp3) is 0.857. The predicted molar refractivity (Wildman–Crippen MR) is 74.7 cm³/mol. The van der Waals surface area contributed by atoms with Crippen LogP contribution in [-0.4, -0.2) is 45.3 Å². The number of rotatable bonds is 5. The molecule has 3 atom stereocenters. The molecule has 0 amide bonds. The quantitative estimate of drug-likeness (QED) is 0.864. The molecule has 2 aliphatic heterocycles. The topological polar surface area (TPSA) is 46.0 Å². The molecule has 1 aromatic rings. The van der Waals surface area contributed by atoms with Gasteiger partial charge in [-0.25, -0.2) is 9.67 Å². The number of nitrogens with one attached hydrogen (secondary N) is 1. The lowest BCUT2D eigenvalue weighted by molar-refractivity contribution is 0.202. The van der Waals surface area contributed by atoms with Crippen molar-refractivity contribution in [3.63, 3.8) is 0 Å². The summed E-state index contributed by atoms with van der Waals surface area (Å²) in [6, 6.07) is 0.715. The van der Waals surface area contributed by atoms with Gasteiger partial charge in [0.25, 0.3) is 0 Å². The SMILES string of the molecule is CCCn1ncnc1CN1CC2CNCC2C1CC. The third-order valence-electron chi connectivity index (χ3n) is 4.72. The molecule has 1 N–H and O–H groups in total. The first-order chi connectivity index (χ1) is 9.33. The second kappa shape index (κ2) is 5.59. The van der Waals surface area contributed by atoms with Gasteiger partial charge in [-0.1, -0.05) is 13.8 Å². The number of hydrogen-bond acceptors (Lipinski definition) is 4. The Balaban J connectivity index is 1.70. The lowest BCUT2D eigenvalue weighted by Gasteiger charge is -2.26. The van der Waals surface area contributed by atoms with E-state index >= 15 is 0 Å². The molecule has 1 aromatic heterocycles. The van der Waals surface area contributed by atoms with E-state index in [4.69, 9.17) is 0 Å². The molecule has 3 unspecified atom stereocenters. The Bertz CT molecular complexity index is 416. The summed E-state index contributed by atoms with van der Waals surface area (Å²) in [5.41, 5.74) is 0. The molecular formula is C14H25N5. The highest BCUT2D eigenvalue weighted by atomic mass is 15.4. The Morgan fingerprint density at radius 3 is 3.05 bits per heavy atom. The molecule has 0 aromatic carbocycles. The van der Waals surface area contributed by atoms with Crippen molar-refractivity contribution in [1.82, 2.24) is 25.0 Å². The zero-order chi connectivity index (χ0) is 13.2. The maximum atomic E-state index is 4.46. The van der Waals surface area contributed by atoms with Crippen LogP contribution in [0.1, 0.15) is 32.5 Å². The number of nitrogens with zero attached hydrogens (tertiary/aromatic N) is 4. The average Bonchev–Trinajstić information content (AvgIpc) is 3.07. The third-order valence-corrected chi connectivity index (χ3v) is 4.72. The lowest BCUT2D eigenvalue weighted by atomic mass is 9.93. The van der Waals surface area contributed by atoms with E-state index in [1.807, 2.05) is 0 Å². The van der Waals surface area contributed by atoms with Crippen LogP contribution in [0.5, 0.6) is 0 Å². The van der Waals surface area contributed by atoms with Gasteiger partial charge in [0, 0.05) is 19.1 Å². The minimum atomic E-state index is 0.715. The van der Waals surface area contributed by atoms with Crippen LogP contribution >= 0.6 is 0 Å². The van der Waals surface area contributed by atoms with Gasteiger partial charge < -0.3 is 5.32 Å². The first-order valence-corrected chi connectivity index (χ1v) is 7.65. The maximum Gasteiger partial charge on any atom is 0.141 e. The van der Waals surface area contributed by atoms with Gasteiger partial charge in [0.15, 0.2) is 0 Å². The summed E-state index contributed by atoms with van der Waals surface area (Å²) in [6.45, 7) is 10.1. The van der Waals surface area contributed by atoms with Gasteiger partial charge in [0.2, 0.25) is 0 Å². The Hall–Kier alpha value is -0.940. The number of aryl methyl sites for hydroxylation is 1. The summed E-state index contributed by atoms with van der Waals surface area (Å²) in [6.07, 6.45) is 4.05. The molecule has 0 aliphatic carbocycles. The number of aromatic nitrogens is 3. The molecule has 19 heavy (non-hydrogen) atoms. The average molecular weight is 263 g/mol. The molecule has 3 heterocycles. The molecule has 0 bridgehead atoms. The van der Waals surface area contributed by atoms with Crippen molar-refractivity contribution in [3.8, 4) is 0 Å². The number of likely N-dealkylation sites (tertiary alicyclic amines) is 1. The van der Waals surface area contributed by atoms with E-state index in [-0.39, 0.29) is 0 Å². The van der Waals surface area contributed by atoms with E-state index in [2.05, 4.69) is 38.8 Å². The van der Waals surface area contributed by atoms with Gasteiger partial charge in [-0.2, -0.15) is 5.10 Å². The van der Waals surface area contributed by atoms with Crippen LogP contribution in [-0.2, 0) is 13.1 Å². The van der Waals surface area contributed by atoms with E-state index in [9.17, 15) is 0 Å². The third kappa shape index (κ3) is 2.41. The zero-order valence-corrected chi connectivity index (χ0v) is 12.0. The molecule has 3 rings (SSSR count). The van der Waals surface area contributed by atoms with E-state index < -0.39 is 0 Å². The molecule has 2 fully saturated rings. The first kappa shape index (κ1) is 13.1. The summed E-state index contributed by atoms with van der Waals surface area (Å²) >= 11 is 0. The van der Waals surface area contributed by atoms with Crippen LogP contribution in [0.15, 0.2) is 6.33 Å². The van der Waals surface area contributed by atoms with Crippen molar-refractivity contribution in [2.75, 3.05) is 19.6 Å². The smallest absolute Gasteiger partial charge is 0.141 e. The van der Waals surface area contributed by atoms with Gasteiger partial charge in [-0.05, 0) is 37.8 Å². The van der Waals surface area contributed by atoms with Crippen LogP contribution in [0, 0.1) is 11.8 Å². The molecule has 2 aliphatic rings. The number of fused-ring (bicyclic) bond motifs is 1. The fourth-order valence-electron chi connectivity index (χ4n) is 3.84. The van der Waals surface area contributed by atoms with E-state index in [1.165, 1.54) is 26.1 Å². The van der Waals surface area contributed by atoms with Crippen molar-refractivity contribution >= 4 is 0 Å². The van der Waals surface area contributed by atoms with Crippen molar-refractivity contribution < 1.29 is 0 Å². The monoisotopic (exact) mass is 263 g/mol. The van der Waals surface area contributed by atoms with Crippen molar-refractivity contribution in [3.05, 3.63) is 12.2 Å². The fourth-order valence-corrected chi connectivity index (χ4v) is 3.84. The summed E-state index contributed by atoms with van der Waals surface area (Å²) < 4.78 is 2.07. The van der Waals surface area contributed by atoms with Gasteiger partial charge in [0.05, 0.1) is 6.54 Å². The molecule has 2 saturated heterocycles. The summed E-state index contributed by atoms with van der Waals surface area (Å²) in [5, 5.41) is 7.88. The molecule has 0 radical (unpaired) electrons. The highest BCUT2D eigenvalue weighted by Crippen LogP contribution is 2.34. The first-order valence-electron chi connectivity index (χ1n) is 7.65. The molecule has 0 spiro atoms. The van der Waals surface area contributed by atoms with E-state index in [0.29, 0.717) is 6.04 Å². The normalized spacial score (nSPS) is 30.9. The summed E-state index contributed by atoms with van der Waals surface area (Å²) in [7, 11) is 0. The molecule has 0 saturated carbocycles. The largest absolute Gasteiger partial charge is 0.316 e. The molecular weight excluding hydrogens is 238 g/mol. The Kier molecular flexibility index (Phi) is 3.84. The molecule has 5 nitrogen and oxygen atoms in total. The Labute approximate surface area is 115 Å². The van der Waals surface area contributed by atoms with E-state index in [1.54, 1.807) is 6.33 Å². The van der Waals surface area contributed by atoms with Crippen LogP contribution < -0.4 is 5.32 Å². The van der Waals surface area contributed by atoms with Gasteiger partial charge in [0.1, 0.15) is 12.2 Å². The summed E-state index contributed by atoms with van der Waals surface area (Å²) in [4.78, 5) is 7.09. The molecule has 5 heteroatoms. The van der Waals surface area contributed by atoms with Gasteiger partial charge >= 0.3 is 0 Å². The van der Waals surface area contributed by atoms with Crippen molar-refractivity contribution in [1.29, 1.82) is 0 Å². The van der Waals surface area contributed by atoms with Crippen molar-refractivity contribution in [2.45, 2.75) is 45.8 Å². The highest BCUT2D eigenvalue weighted by Gasteiger charge is 2.43. The van der Waals surface area contributed by atoms with Crippen molar-refractivity contribution in [2.24, 2.45) is 11.8 Å². The van der Waals surface area contributed by atoms with Gasteiger partial charge in [-0.15, -0.1) is 0 Å². The number of hydrogen-bond donors (Lipinski definition) is 1. The second-order valence-electron chi connectivity index (χ2n) is 5.89. The van der Waals surface area contributed by atoms with Crippen LogP contribution in [0.2, 0.25) is 0 Å². The Morgan fingerprint density at radius 1 is 1.37 bits per heavy atom. The van der Waals surface area contributed by atoms with Crippen LogP contribution in [0.25, 0.3) is 0 Å². The van der Waals surface area contributed by atoms with Crippen LogP contribution in [0.4, 0.5) is 0 Å². The van der Waals surface area contributed by atoms with Crippen LogP contribution in [0.3, 0.4) is 0 Å².